The van der Waals surface area contributed by atoms with Gasteiger partial charge in [-0.05, 0) is 99.7 Å². The van der Waals surface area contributed by atoms with Crippen LogP contribution in [-0.4, -0.2) is 48.3 Å². The maximum absolute atomic E-state index is 11.9. The Morgan fingerprint density at radius 1 is 0.640 bits per heavy atom. The summed E-state index contributed by atoms with van der Waals surface area (Å²) < 4.78 is 21.9. The van der Waals surface area contributed by atoms with Crippen molar-refractivity contribution in [1.82, 2.24) is 0 Å². The molecular formula is C42H50O8. The van der Waals surface area contributed by atoms with E-state index in [2.05, 4.69) is 52.0 Å². The predicted molar refractivity (Wildman–Crippen MR) is 184 cm³/mol. The van der Waals surface area contributed by atoms with Crippen molar-refractivity contribution in [3.63, 3.8) is 0 Å². The molecule has 10 atom stereocenters. The van der Waals surface area contributed by atoms with E-state index in [1.54, 1.807) is 5.57 Å². The van der Waals surface area contributed by atoms with Gasteiger partial charge in [0.25, 0.3) is 0 Å². The van der Waals surface area contributed by atoms with Crippen LogP contribution in [0.25, 0.3) is 0 Å². The lowest BCUT2D eigenvalue weighted by Crippen LogP contribution is -2.52. The normalized spacial score (nSPS) is 47.8. The summed E-state index contributed by atoms with van der Waals surface area (Å²) in [5.41, 5.74) is 4.57. The van der Waals surface area contributed by atoms with Gasteiger partial charge in [-0.15, -0.1) is 0 Å². The van der Waals surface area contributed by atoms with Crippen LogP contribution in [0.15, 0.2) is 58.7 Å². The second-order valence-electron chi connectivity index (χ2n) is 18.0. The van der Waals surface area contributed by atoms with Gasteiger partial charge in [0.1, 0.15) is 13.2 Å². The van der Waals surface area contributed by atoms with E-state index in [0.717, 1.165) is 69.8 Å². The average Bonchev–Trinajstić information content (AvgIpc) is 3.82. The van der Waals surface area contributed by atoms with Crippen molar-refractivity contribution in [1.29, 1.82) is 0 Å². The Labute approximate surface area is 294 Å². The Morgan fingerprint density at radius 3 is 1.86 bits per heavy atom. The number of carbonyl (C=O) groups excluding carboxylic acids is 4. The highest BCUT2D eigenvalue weighted by Gasteiger charge is 2.68. The van der Waals surface area contributed by atoms with Gasteiger partial charge in [-0.3, -0.25) is 9.59 Å². The summed E-state index contributed by atoms with van der Waals surface area (Å²) in [6.07, 6.45) is 23.1. The van der Waals surface area contributed by atoms with Crippen LogP contribution < -0.4 is 0 Å². The smallest absolute Gasteiger partial charge is 0.430 e. The van der Waals surface area contributed by atoms with E-state index < -0.39 is 23.5 Å². The molecule has 2 heterocycles. The first kappa shape index (κ1) is 32.5. The molecule has 10 aliphatic rings. The van der Waals surface area contributed by atoms with Crippen LogP contribution in [-0.2, 0) is 28.5 Å². The van der Waals surface area contributed by atoms with Crippen molar-refractivity contribution in [3.05, 3.63) is 58.7 Å². The third-order valence-electron chi connectivity index (χ3n) is 16.2. The summed E-state index contributed by atoms with van der Waals surface area (Å²) in [5.74, 6) is 2.45. The van der Waals surface area contributed by atoms with Crippen molar-refractivity contribution >= 4 is 23.9 Å². The molecule has 4 unspecified atom stereocenters. The lowest BCUT2D eigenvalue weighted by molar-refractivity contribution is -0.116. The molecule has 0 N–H and O–H groups in total. The molecule has 2 aliphatic heterocycles. The first-order valence-corrected chi connectivity index (χ1v) is 19.1. The van der Waals surface area contributed by atoms with Gasteiger partial charge in [0.05, 0.1) is 0 Å². The minimum atomic E-state index is -0.515. The Morgan fingerprint density at radius 2 is 1.22 bits per heavy atom. The zero-order valence-corrected chi connectivity index (χ0v) is 29.9. The summed E-state index contributed by atoms with van der Waals surface area (Å²) >= 11 is 0. The molecule has 8 aliphatic carbocycles. The van der Waals surface area contributed by atoms with E-state index in [4.69, 9.17) is 18.9 Å². The van der Waals surface area contributed by atoms with Crippen LogP contribution in [0.1, 0.15) is 105 Å². The molecule has 0 aromatic carbocycles. The highest BCUT2D eigenvalue weighted by Crippen LogP contribution is 2.68. The fourth-order valence-electron chi connectivity index (χ4n) is 13.0. The molecule has 0 amide bonds. The van der Waals surface area contributed by atoms with Gasteiger partial charge < -0.3 is 18.9 Å². The van der Waals surface area contributed by atoms with Gasteiger partial charge >= 0.3 is 12.3 Å². The van der Waals surface area contributed by atoms with Gasteiger partial charge in [-0.1, -0.05) is 68.7 Å². The minimum absolute atomic E-state index is 0.0206. The molecule has 3 saturated carbocycles. The molecule has 0 bridgehead atoms. The van der Waals surface area contributed by atoms with Gasteiger partial charge in [0.15, 0.2) is 22.8 Å². The summed E-state index contributed by atoms with van der Waals surface area (Å²) in [5, 5.41) is 0. The molecule has 50 heavy (non-hydrogen) atoms. The number of carbonyl (C=O) groups is 4. The number of hydrogen-bond acceptors (Lipinski definition) is 8. The van der Waals surface area contributed by atoms with Crippen LogP contribution in [0, 0.1) is 45.3 Å². The van der Waals surface area contributed by atoms with Crippen molar-refractivity contribution in [2.45, 2.75) is 116 Å². The van der Waals surface area contributed by atoms with E-state index in [1.165, 1.54) is 11.1 Å². The standard InChI is InChI=1S/C21H26O4.C21H24O4/c2*1-19-8-5-14(22)11-13(19)3-4-15-16(19)6-9-20(2)17(15)7-10-21(20)12-24-18(23)25-21/h6,11,15,17H,3-5,7-10,12H2,1-2H3;3-4,6,11,15,17H,5,7-10,12H2,1-2H3/t2*15?,17?,19-,20-,21+/m00/s1. The summed E-state index contributed by atoms with van der Waals surface area (Å²) in [4.78, 5) is 47.1. The topological polar surface area (TPSA) is 105 Å². The molecule has 0 aromatic rings. The Hall–Kier alpha value is -3.42. The van der Waals surface area contributed by atoms with E-state index >= 15 is 0 Å². The van der Waals surface area contributed by atoms with Gasteiger partial charge in [0, 0.05) is 40.4 Å². The van der Waals surface area contributed by atoms with Crippen molar-refractivity contribution in [3.8, 4) is 0 Å². The fraction of sp³-hybridized carbons (Fsp3) is 0.667. The zero-order valence-electron chi connectivity index (χ0n) is 29.9. The summed E-state index contributed by atoms with van der Waals surface area (Å²) in [6, 6.07) is 0. The number of ketones is 2. The molecule has 2 saturated heterocycles. The highest BCUT2D eigenvalue weighted by atomic mass is 16.8. The SMILES string of the molecule is C[C@]12CCC(=O)C=C1C=CC1C2=CC[C@@]2(C)C1CC[C@@]21COC(=O)O1.C[C@]12CCC(=O)C=C1CCC1C2=CC[C@@]2(C)C1CC[C@@]21COC(=O)O1. The van der Waals surface area contributed by atoms with Crippen molar-refractivity contribution < 1.29 is 38.1 Å². The lowest BCUT2D eigenvalue weighted by atomic mass is 9.51. The molecule has 10 rings (SSSR count). The van der Waals surface area contributed by atoms with Crippen LogP contribution in [0.5, 0.6) is 0 Å². The average molecular weight is 683 g/mol. The Balaban J connectivity index is 0.000000135. The quantitative estimate of drug-likeness (QED) is 0.185. The van der Waals surface area contributed by atoms with Crippen LogP contribution >= 0.6 is 0 Å². The fourth-order valence-corrected chi connectivity index (χ4v) is 13.0. The molecule has 8 nitrogen and oxygen atoms in total. The largest absolute Gasteiger partial charge is 0.509 e. The number of fused-ring (bicyclic) bond motifs is 12. The van der Waals surface area contributed by atoms with Crippen LogP contribution in [0.2, 0.25) is 0 Å². The molecule has 2 spiro atoms. The predicted octanol–water partition coefficient (Wildman–Crippen LogP) is 8.46. The van der Waals surface area contributed by atoms with Crippen molar-refractivity contribution in [2.24, 2.45) is 45.3 Å². The number of cyclic esters (lactones) is 2. The highest BCUT2D eigenvalue weighted by molar-refractivity contribution is 5.93. The minimum Gasteiger partial charge on any atom is -0.430 e. The van der Waals surface area contributed by atoms with E-state index in [-0.39, 0.29) is 27.4 Å². The summed E-state index contributed by atoms with van der Waals surface area (Å²) in [7, 11) is 0. The Bertz CT molecular complexity index is 1760. The van der Waals surface area contributed by atoms with Crippen LogP contribution in [0.3, 0.4) is 0 Å². The third-order valence-corrected chi connectivity index (χ3v) is 16.2. The molecule has 8 heteroatoms. The maximum Gasteiger partial charge on any atom is 0.509 e. The molecule has 0 radical (unpaired) electrons. The monoisotopic (exact) mass is 682 g/mol. The number of hydrogen-bond donors (Lipinski definition) is 0. The van der Waals surface area contributed by atoms with E-state index in [9.17, 15) is 19.2 Å². The van der Waals surface area contributed by atoms with E-state index in [1.807, 2.05) is 12.2 Å². The number of ether oxygens (including phenoxy) is 4. The molecule has 5 fully saturated rings. The number of allylic oxidation sites excluding steroid dienone is 10. The van der Waals surface area contributed by atoms with Crippen molar-refractivity contribution in [2.75, 3.05) is 13.2 Å². The summed E-state index contributed by atoms with van der Waals surface area (Å²) in [6.45, 7) is 10.00. The van der Waals surface area contributed by atoms with E-state index in [0.29, 0.717) is 55.5 Å². The first-order chi connectivity index (χ1) is 23.8. The van der Waals surface area contributed by atoms with Gasteiger partial charge in [0.2, 0.25) is 0 Å². The molecular weight excluding hydrogens is 632 g/mol. The lowest BCUT2D eigenvalue weighted by Gasteiger charge is -2.54. The zero-order chi connectivity index (χ0) is 34.9. The molecule has 0 aromatic heterocycles. The second-order valence-corrected chi connectivity index (χ2v) is 18.0. The Kier molecular flexibility index (Phi) is 6.87. The second kappa shape index (κ2) is 10.6. The van der Waals surface area contributed by atoms with Gasteiger partial charge in [-0.2, -0.15) is 0 Å². The maximum atomic E-state index is 11.9. The van der Waals surface area contributed by atoms with Gasteiger partial charge in [-0.25, -0.2) is 9.59 Å². The number of rotatable bonds is 0. The third kappa shape index (κ3) is 4.16. The first-order valence-electron chi connectivity index (χ1n) is 19.1. The molecule has 266 valence electrons. The van der Waals surface area contributed by atoms with Crippen LogP contribution in [0.4, 0.5) is 9.59 Å².